The third-order valence-electron chi connectivity index (χ3n) is 4.37. The lowest BCUT2D eigenvalue weighted by molar-refractivity contribution is -0.159. The molecule has 2 aliphatic heterocycles. The standard InChI is InChI=1S/C15H20N2O.C2H2O4/c18-14-9-15(11-16-14)7-4-8-17(12-15)10-13-5-2-1-3-6-13;3-1(4)2(5)6/h1-3,5-6H,4,7-12H2,(H,16,18);(H,3,4)(H,5,6). The van der Waals surface area contributed by atoms with Gasteiger partial charge in [-0.3, -0.25) is 9.69 Å². The summed E-state index contributed by atoms with van der Waals surface area (Å²) in [7, 11) is 0. The van der Waals surface area contributed by atoms with Crippen molar-refractivity contribution < 1.29 is 24.6 Å². The normalized spacial score (nSPS) is 23.2. The highest BCUT2D eigenvalue weighted by atomic mass is 16.4. The molecule has 2 fully saturated rings. The summed E-state index contributed by atoms with van der Waals surface area (Å²) in [5.41, 5.74) is 1.58. The lowest BCUT2D eigenvalue weighted by Crippen LogP contribution is -2.43. The molecule has 2 saturated heterocycles. The molecule has 0 radical (unpaired) electrons. The minimum absolute atomic E-state index is 0.212. The molecule has 7 nitrogen and oxygen atoms in total. The summed E-state index contributed by atoms with van der Waals surface area (Å²) in [6, 6.07) is 10.6. The number of benzene rings is 1. The number of likely N-dealkylation sites (tertiary alicyclic amines) is 1. The molecule has 0 aliphatic carbocycles. The number of hydrogen-bond acceptors (Lipinski definition) is 4. The zero-order chi connectivity index (χ0) is 17.6. The van der Waals surface area contributed by atoms with Gasteiger partial charge in [-0.05, 0) is 24.9 Å². The molecule has 1 unspecified atom stereocenters. The van der Waals surface area contributed by atoms with Crippen molar-refractivity contribution in [1.29, 1.82) is 0 Å². The third-order valence-corrected chi connectivity index (χ3v) is 4.37. The van der Waals surface area contributed by atoms with Crippen LogP contribution in [0, 0.1) is 5.41 Å². The second kappa shape index (κ2) is 7.92. The molecule has 1 amide bonds. The van der Waals surface area contributed by atoms with Crippen LogP contribution < -0.4 is 5.32 Å². The lowest BCUT2D eigenvalue weighted by atomic mass is 9.79. The highest BCUT2D eigenvalue weighted by Gasteiger charge is 2.41. The molecule has 1 aromatic carbocycles. The van der Waals surface area contributed by atoms with Gasteiger partial charge >= 0.3 is 11.9 Å². The minimum atomic E-state index is -1.82. The zero-order valence-corrected chi connectivity index (χ0v) is 13.4. The van der Waals surface area contributed by atoms with Gasteiger partial charge in [-0.25, -0.2) is 9.59 Å². The van der Waals surface area contributed by atoms with Crippen molar-refractivity contribution in [3.63, 3.8) is 0 Å². The average molecular weight is 334 g/mol. The first-order chi connectivity index (χ1) is 11.4. The molecule has 0 aromatic heterocycles. The van der Waals surface area contributed by atoms with Gasteiger partial charge in [-0.2, -0.15) is 0 Å². The first kappa shape index (κ1) is 17.9. The molecule has 3 N–H and O–H groups in total. The van der Waals surface area contributed by atoms with Crippen molar-refractivity contribution in [2.45, 2.75) is 25.8 Å². The summed E-state index contributed by atoms with van der Waals surface area (Å²) in [4.78, 5) is 32.2. The molecular formula is C17H22N2O5. The van der Waals surface area contributed by atoms with Crippen LogP contribution in [0.1, 0.15) is 24.8 Å². The van der Waals surface area contributed by atoms with Crippen molar-refractivity contribution in [2.75, 3.05) is 19.6 Å². The van der Waals surface area contributed by atoms with Gasteiger partial charge in [0.15, 0.2) is 0 Å². The number of aliphatic carboxylic acids is 2. The van der Waals surface area contributed by atoms with Gasteiger partial charge in [0.1, 0.15) is 0 Å². The van der Waals surface area contributed by atoms with E-state index in [1.807, 2.05) is 0 Å². The van der Waals surface area contributed by atoms with Gasteiger partial charge in [0.2, 0.25) is 5.91 Å². The second-order valence-electron chi connectivity index (χ2n) is 6.36. The number of carbonyl (C=O) groups excluding carboxylic acids is 1. The molecular weight excluding hydrogens is 312 g/mol. The summed E-state index contributed by atoms with van der Waals surface area (Å²) < 4.78 is 0. The second-order valence-corrected chi connectivity index (χ2v) is 6.36. The van der Waals surface area contributed by atoms with Gasteiger partial charge in [0.05, 0.1) is 0 Å². The van der Waals surface area contributed by atoms with Crippen LogP contribution >= 0.6 is 0 Å². The molecule has 1 atom stereocenters. The van der Waals surface area contributed by atoms with E-state index in [4.69, 9.17) is 19.8 Å². The topological polar surface area (TPSA) is 107 Å². The summed E-state index contributed by atoms with van der Waals surface area (Å²) in [6.07, 6.45) is 3.12. The van der Waals surface area contributed by atoms with Crippen LogP contribution in [0.4, 0.5) is 0 Å². The van der Waals surface area contributed by atoms with E-state index in [-0.39, 0.29) is 11.3 Å². The number of piperidine rings is 1. The van der Waals surface area contributed by atoms with Crippen LogP contribution in [-0.2, 0) is 20.9 Å². The number of carbonyl (C=O) groups is 3. The third kappa shape index (κ3) is 5.06. The van der Waals surface area contributed by atoms with Crippen LogP contribution in [-0.4, -0.2) is 52.6 Å². The molecule has 1 spiro atoms. The first-order valence-electron chi connectivity index (χ1n) is 7.89. The van der Waals surface area contributed by atoms with Gasteiger partial charge in [-0.1, -0.05) is 30.3 Å². The van der Waals surface area contributed by atoms with Crippen LogP contribution in [0.15, 0.2) is 30.3 Å². The fourth-order valence-electron chi connectivity index (χ4n) is 3.33. The Morgan fingerprint density at radius 3 is 2.38 bits per heavy atom. The highest BCUT2D eigenvalue weighted by molar-refractivity contribution is 6.27. The maximum absolute atomic E-state index is 11.5. The molecule has 0 saturated carbocycles. The number of carboxylic acid groups (broad SMARTS) is 2. The Hall–Kier alpha value is -2.41. The summed E-state index contributed by atoms with van der Waals surface area (Å²) in [5.74, 6) is -3.42. The number of amides is 1. The van der Waals surface area contributed by atoms with Crippen LogP contribution in [0.2, 0.25) is 0 Å². The Morgan fingerprint density at radius 1 is 1.17 bits per heavy atom. The Kier molecular flexibility index (Phi) is 5.92. The van der Waals surface area contributed by atoms with E-state index in [0.717, 1.165) is 32.6 Å². The smallest absolute Gasteiger partial charge is 0.414 e. The predicted octanol–water partition coefficient (Wildman–Crippen LogP) is 0.944. The molecule has 2 aliphatic rings. The lowest BCUT2D eigenvalue weighted by Gasteiger charge is -2.39. The van der Waals surface area contributed by atoms with Gasteiger partial charge in [-0.15, -0.1) is 0 Å². The van der Waals surface area contributed by atoms with Crippen molar-refractivity contribution >= 4 is 17.8 Å². The Labute approximate surface area is 140 Å². The maximum atomic E-state index is 11.5. The Balaban J connectivity index is 0.000000301. The van der Waals surface area contributed by atoms with Crippen molar-refractivity contribution in [1.82, 2.24) is 10.2 Å². The molecule has 3 rings (SSSR count). The van der Waals surface area contributed by atoms with Crippen molar-refractivity contribution in [3.05, 3.63) is 35.9 Å². The van der Waals surface area contributed by atoms with Crippen LogP contribution in [0.5, 0.6) is 0 Å². The fourth-order valence-corrected chi connectivity index (χ4v) is 3.33. The molecule has 1 aromatic rings. The Bertz CT molecular complexity index is 592. The monoisotopic (exact) mass is 334 g/mol. The molecule has 0 bridgehead atoms. The number of hydrogen-bond donors (Lipinski definition) is 3. The van der Waals surface area contributed by atoms with Crippen molar-refractivity contribution in [2.24, 2.45) is 5.41 Å². The van der Waals surface area contributed by atoms with E-state index in [2.05, 4.69) is 40.5 Å². The van der Waals surface area contributed by atoms with Crippen LogP contribution in [0.25, 0.3) is 0 Å². The number of carboxylic acids is 2. The van der Waals surface area contributed by atoms with E-state index < -0.39 is 11.9 Å². The SMILES string of the molecule is O=C(O)C(=O)O.O=C1CC2(CCCN(Cc3ccccc3)C2)CN1. The average Bonchev–Trinajstić information content (AvgIpc) is 2.89. The largest absolute Gasteiger partial charge is 0.473 e. The molecule has 130 valence electrons. The summed E-state index contributed by atoms with van der Waals surface area (Å²) in [5, 5.41) is 17.8. The first-order valence-corrected chi connectivity index (χ1v) is 7.89. The maximum Gasteiger partial charge on any atom is 0.414 e. The van der Waals surface area contributed by atoms with E-state index in [1.54, 1.807) is 0 Å². The van der Waals surface area contributed by atoms with E-state index >= 15 is 0 Å². The predicted molar refractivity (Wildman–Crippen MR) is 86.3 cm³/mol. The number of rotatable bonds is 2. The van der Waals surface area contributed by atoms with E-state index in [9.17, 15) is 4.79 Å². The fraction of sp³-hybridized carbons (Fsp3) is 0.471. The van der Waals surface area contributed by atoms with Gasteiger partial charge in [0, 0.05) is 31.5 Å². The van der Waals surface area contributed by atoms with E-state index in [1.165, 1.54) is 18.4 Å². The van der Waals surface area contributed by atoms with Crippen molar-refractivity contribution in [3.8, 4) is 0 Å². The number of nitrogens with one attached hydrogen (secondary N) is 1. The highest BCUT2D eigenvalue weighted by Crippen LogP contribution is 2.36. The number of nitrogens with zero attached hydrogens (tertiary/aromatic N) is 1. The van der Waals surface area contributed by atoms with E-state index in [0.29, 0.717) is 0 Å². The minimum Gasteiger partial charge on any atom is -0.473 e. The Morgan fingerprint density at radius 2 is 1.83 bits per heavy atom. The molecule has 2 heterocycles. The van der Waals surface area contributed by atoms with Crippen LogP contribution in [0.3, 0.4) is 0 Å². The molecule has 24 heavy (non-hydrogen) atoms. The van der Waals surface area contributed by atoms with Gasteiger partial charge in [0.25, 0.3) is 0 Å². The molecule has 7 heteroatoms. The van der Waals surface area contributed by atoms with Gasteiger partial charge < -0.3 is 15.5 Å². The quantitative estimate of drug-likeness (QED) is 0.695. The summed E-state index contributed by atoms with van der Waals surface area (Å²) in [6.45, 7) is 4.10. The zero-order valence-electron chi connectivity index (χ0n) is 13.4. The summed E-state index contributed by atoms with van der Waals surface area (Å²) >= 11 is 0.